The molecule has 0 bridgehead atoms. The topological polar surface area (TPSA) is 69.5 Å². The number of carbonyl (C=O) groups excluding carboxylic acids is 1. The lowest BCUT2D eigenvalue weighted by Gasteiger charge is -2.10. The lowest BCUT2D eigenvalue weighted by atomic mass is 10.0. The summed E-state index contributed by atoms with van der Waals surface area (Å²) >= 11 is 0. The summed E-state index contributed by atoms with van der Waals surface area (Å²) in [6.45, 7) is 2.21. The van der Waals surface area contributed by atoms with Gasteiger partial charge in [-0.1, -0.05) is 64.9 Å². The molecule has 0 aliphatic heterocycles. The van der Waals surface area contributed by atoms with Gasteiger partial charge in [0, 0.05) is 17.0 Å². The highest BCUT2D eigenvalue weighted by Crippen LogP contribution is 2.48. The Morgan fingerprint density at radius 1 is 1.04 bits per heavy atom. The van der Waals surface area contributed by atoms with Crippen LogP contribution in [0.25, 0.3) is 0 Å². The van der Waals surface area contributed by atoms with Crippen molar-refractivity contribution < 1.29 is 19.2 Å². The molecule has 6 heteroatoms. The maximum absolute atomic E-state index is 12.0. The van der Waals surface area contributed by atoms with Gasteiger partial charge in [-0.05, 0) is 24.8 Å². The third-order valence-corrected chi connectivity index (χ3v) is 4.82. The summed E-state index contributed by atoms with van der Waals surface area (Å²) in [5.41, 5.74) is 3.78. The smallest absolute Gasteiger partial charge is 0.360 e. The number of esters is 1. The molecule has 2 aromatic rings. The predicted molar refractivity (Wildman–Crippen MR) is 107 cm³/mol. The van der Waals surface area contributed by atoms with Gasteiger partial charge in [0.05, 0.1) is 12.8 Å². The normalized spacial score (nSPS) is 19.1. The highest BCUT2D eigenvalue weighted by molar-refractivity contribution is 6.43. The Morgan fingerprint density at radius 2 is 1.75 bits per heavy atom. The maximum atomic E-state index is 12.0. The van der Waals surface area contributed by atoms with Crippen molar-refractivity contribution in [3.05, 3.63) is 71.3 Å². The summed E-state index contributed by atoms with van der Waals surface area (Å²) in [4.78, 5) is 22.4. The van der Waals surface area contributed by atoms with E-state index in [0.29, 0.717) is 17.4 Å². The van der Waals surface area contributed by atoms with Crippen molar-refractivity contribution in [2.45, 2.75) is 25.9 Å². The number of rotatable bonds is 8. The molecule has 6 nitrogen and oxygen atoms in total. The van der Waals surface area contributed by atoms with Crippen LogP contribution in [-0.2, 0) is 25.8 Å². The molecule has 1 aliphatic carbocycles. The first kappa shape index (κ1) is 19.6. The van der Waals surface area contributed by atoms with Gasteiger partial charge in [0.1, 0.15) is 13.7 Å². The lowest BCUT2D eigenvalue weighted by molar-refractivity contribution is -0.132. The molecule has 1 fully saturated rings. The van der Waals surface area contributed by atoms with Crippen molar-refractivity contribution in [1.82, 2.24) is 0 Å². The van der Waals surface area contributed by atoms with Gasteiger partial charge < -0.3 is 14.4 Å². The minimum absolute atomic E-state index is 0.0937. The Morgan fingerprint density at radius 3 is 2.46 bits per heavy atom. The average molecular weight is 380 g/mol. The lowest BCUT2D eigenvalue weighted by Crippen LogP contribution is -2.19. The zero-order valence-electron chi connectivity index (χ0n) is 16.3. The zero-order valence-corrected chi connectivity index (χ0v) is 16.3. The van der Waals surface area contributed by atoms with Crippen LogP contribution in [0.4, 0.5) is 0 Å². The van der Waals surface area contributed by atoms with Crippen molar-refractivity contribution in [2.75, 3.05) is 14.2 Å². The Balaban J connectivity index is 1.66. The van der Waals surface area contributed by atoms with Crippen molar-refractivity contribution in [2.24, 2.45) is 16.2 Å². The summed E-state index contributed by atoms with van der Waals surface area (Å²) in [6, 6.07) is 17.8. The summed E-state index contributed by atoms with van der Waals surface area (Å²) in [5, 5.41) is 8.10. The first-order chi connectivity index (χ1) is 13.7. The molecule has 0 unspecified atom stereocenters. The monoisotopic (exact) mass is 380 g/mol. The Kier molecular flexibility index (Phi) is 6.42. The molecular formula is C22H24N2O4. The van der Waals surface area contributed by atoms with Crippen molar-refractivity contribution in [1.29, 1.82) is 0 Å². The van der Waals surface area contributed by atoms with Crippen LogP contribution in [0.1, 0.15) is 36.0 Å². The van der Waals surface area contributed by atoms with Gasteiger partial charge >= 0.3 is 5.97 Å². The molecule has 2 aromatic carbocycles. The van der Waals surface area contributed by atoms with Crippen molar-refractivity contribution >= 4 is 17.4 Å². The second kappa shape index (κ2) is 9.17. The van der Waals surface area contributed by atoms with E-state index in [1.54, 1.807) is 6.07 Å². The number of ether oxygens (including phenoxy) is 1. The molecule has 1 aliphatic rings. The Hall–Kier alpha value is -3.15. The number of hydrogen-bond acceptors (Lipinski definition) is 6. The fourth-order valence-electron chi connectivity index (χ4n) is 3.26. The van der Waals surface area contributed by atoms with Crippen LogP contribution in [0.2, 0.25) is 0 Å². The summed E-state index contributed by atoms with van der Waals surface area (Å²) in [6.07, 6.45) is 1.09. The van der Waals surface area contributed by atoms with E-state index in [1.807, 2.05) is 31.2 Å². The quantitative estimate of drug-likeness (QED) is 0.396. The molecular weight excluding hydrogens is 356 g/mol. The van der Waals surface area contributed by atoms with Gasteiger partial charge in [0.2, 0.25) is 0 Å². The number of hydrogen-bond donors (Lipinski definition) is 0. The van der Waals surface area contributed by atoms with E-state index in [1.165, 1.54) is 19.8 Å². The van der Waals surface area contributed by atoms with E-state index in [4.69, 9.17) is 14.4 Å². The molecule has 1 saturated carbocycles. The molecule has 0 aromatic heterocycles. The van der Waals surface area contributed by atoms with Crippen LogP contribution < -0.4 is 0 Å². The van der Waals surface area contributed by atoms with E-state index in [2.05, 4.69) is 34.6 Å². The number of oxime groups is 2. The third-order valence-electron chi connectivity index (χ3n) is 4.82. The van der Waals surface area contributed by atoms with Gasteiger partial charge in [0.25, 0.3) is 0 Å². The molecule has 3 rings (SSSR count). The predicted octanol–water partition coefficient (Wildman–Crippen LogP) is 3.91. The summed E-state index contributed by atoms with van der Waals surface area (Å²) in [5.74, 6) is 0.358. The van der Waals surface area contributed by atoms with Gasteiger partial charge in [-0.15, -0.1) is 0 Å². The van der Waals surface area contributed by atoms with E-state index < -0.39 is 5.97 Å². The zero-order chi connectivity index (χ0) is 19.9. The van der Waals surface area contributed by atoms with Crippen molar-refractivity contribution in [3.8, 4) is 0 Å². The van der Waals surface area contributed by atoms with E-state index >= 15 is 0 Å². The van der Waals surface area contributed by atoms with Gasteiger partial charge in [-0.3, -0.25) is 0 Å². The number of carbonyl (C=O) groups is 1. The van der Waals surface area contributed by atoms with Crippen LogP contribution in [0.5, 0.6) is 0 Å². The van der Waals surface area contributed by atoms with Gasteiger partial charge in [-0.2, -0.15) is 0 Å². The second-order valence-corrected chi connectivity index (χ2v) is 6.64. The first-order valence-corrected chi connectivity index (χ1v) is 9.14. The molecule has 0 N–H and O–H groups in total. The maximum Gasteiger partial charge on any atom is 0.360 e. The highest BCUT2D eigenvalue weighted by atomic mass is 16.6. The Labute approximate surface area is 164 Å². The van der Waals surface area contributed by atoms with Gasteiger partial charge in [-0.25, -0.2) is 4.79 Å². The van der Waals surface area contributed by atoms with Crippen LogP contribution in [-0.4, -0.2) is 31.6 Å². The minimum atomic E-state index is -0.572. The Bertz CT molecular complexity index is 877. The molecule has 0 spiro atoms. The van der Waals surface area contributed by atoms with E-state index in [-0.39, 0.29) is 12.3 Å². The summed E-state index contributed by atoms with van der Waals surface area (Å²) in [7, 11) is 2.69. The van der Waals surface area contributed by atoms with E-state index in [9.17, 15) is 4.79 Å². The molecule has 0 saturated heterocycles. The molecule has 0 radical (unpaired) electrons. The van der Waals surface area contributed by atoms with Crippen LogP contribution >= 0.6 is 0 Å². The van der Waals surface area contributed by atoms with Crippen molar-refractivity contribution in [3.63, 3.8) is 0 Å². The number of nitrogens with zero attached hydrogens (tertiary/aromatic N) is 2. The minimum Gasteiger partial charge on any atom is -0.464 e. The standard InChI is InChI=1S/C22H24N2O4/c1-15(19-13-20(19)16-9-5-4-6-10-16)23-28-14-17-11-7-8-12-18(17)21(24-27-3)22(25)26-2/h4-12,19-20H,13-14H2,1-3H3/b23-15+,24-21-/t19-,20-/m0/s1. The molecule has 146 valence electrons. The summed E-state index contributed by atoms with van der Waals surface area (Å²) < 4.78 is 4.79. The average Bonchev–Trinajstić information content (AvgIpc) is 3.54. The fraction of sp³-hybridized carbons (Fsp3) is 0.318. The first-order valence-electron chi connectivity index (χ1n) is 9.14. The van der Waals surface area contributed by atoms with Crippen LogP contribution in [0.3, 0.4) is 0 Å². The molecule has 0 amide bonds. The number of benzene rings is 2. The molecule has 0 heterocycles. The van der Waals surface area contributed by atoms with Crippen LogP contribution in [0.15, 0.2) is 64.9 Å². The highest BCUT2D eigenvalue weighted by Gasteiger charge is 2.40. The fourth-order valence-corrected chi connectivity index (χ4v) is 3.26. The van der Waals surface area contributed by atoms with Gasteiger partial charge in [0.15, 0.2) is 5.71 Å². The van der Waals surface area contributed by atoms with Crippen LogP contribution in [0, 0.1) is 5.92 Å². The SMILES string of the molecule is CO/N=C(\C(=O)OC)c1ccccc1CO/N=C(\C)[C@@H]1C[C@H]1c1ccccc1. The largest absolute Gasteiger partial charge is 0.464 e. The molecule has 28 heavy (non-hydrogen) atoms. The van der Waals surface area contributed by atoms with E-state index in [0.717, 1.165) is 17.7 Å². The third kappa shape index (κ3) is 4.57. The molecule has 2 atom stereocenters. The second-order valence-electron chi connectivity index (χ2n) is 6.64. The number of methoxy groups -OCH3 is 1.